The summed E-state index contributed by atoms with van der Waals surface area (Å²) in [4.78, 5) is 13.0. The first-order valence-corrected chi connectivity index (χ1v) is 7.14. The molecule has 2 rings (SSSR count). The molecular weight excluding hydrogens is 274 g/mol. The van der Waals surface area contributed by atoms with Crippen LogP contribution in [0.5, 0.6) is 5.75 Å². The smallest absolute Gasteiger partial charge is 0.255 e. The number of aryl methyl sites for hydroxylation is 1. The molecule has 1 amide bonds. The van der Waals surface area contributed by atoms with Gasteiger partial charge in [-0.2, -0.15) is 0 Å². The van der Waals surface area contributed by atoms with Crippen LogP contribution in [0.2, 0.25) is 0 Å². The molecule has 0 aliphatic carbocycles. The van der Waals surface area contributed by atoms with Crippen LogP contribution in [0.3, 0.4) is 0 Å². The molecule has 0 aliphatic rings. The fourth-order valence-corrected chi connectivity index (χ4v) is 2.85. The molecule has 4 nitrogen and oxygen atoms in total. The fourth-order valence-electron chi connectivity index (χ4n) is 1.94. The number of para-hydroxylation sites is 1. The van der Waals surface area contributed by atoms with Crippen LogP contribution in [-0.4, -0.2) is 24.7 Å². The maximum absolute atomic E-state index is 12.1. The highest BCUT2D eigenvalue weighted by molar-refractivity contribution is 7.10. The number of methoxy groups -OCH3 is 1. The van der Waals surface area contributed by atoms with Crippen LogP contribution >= 0.6 is 11.3 Å². The lowest BCUT2D eigenvalue weighted by Crippen LogP contribution is -2.28. The largest absolute Gasteiger partial charge is 0.496 e. The van der Waals surface area contributed by atoms with Crippen LogP contribution in [0.25, 0.3) is 0 Å². The highest BCUT2D eigenvalue weighted by Gasteiger charge is 2.15. The van der Waals surface area contributed by atoms with Crippen molar-refractivity contribution in [2.75, 3.05) is 13.7 Å². The van der Waals surface area contributed by atoms with E-state index < -0.39 is 6.10 Å². The minimum Gasteiger partial charge on any atom is -0.496 e. The summed E-state index contributed by atoms with van der Waals surface area (Å²) in [7, 11) is 1.52. The lowest BCUT2D eigenvalue weighted by molar-refractivity contribution is 0.0914. The molecule has 0 saturated carbocycles. The number of carbonyl (C=O) groups excluding carboxylic acids is 1. The van der Waals surface area contributed by atoms with Crippen LogP contribution in [0.15, 0.2) is 35.7 Å². The first-order valence-electron chi connectivity index (χ1n) is 6.26. The van der Waals surface area contributed by atoms with Crippen molar-refractivity contribution < 1.29 is 14.6 Å². The highest BCUT2D eigenvalue weighted by atomic mass is 32.1. The van der Waals surface area contributed by atoms with E-state index in [0.29, 0.717) is 11.3 Å². The number of benzene rings is 1. The zero-order valence-corrected chi connectivity index (χ0v) is 12.2. The summed E-state index contributed by atoms with van der Waals surface area (Å²) in [5.74, 6) is 0.266. The van der Waals surface area contributed by atoms with E-state index in [2.05, 4.69) is 5.32 Å². The molecule has 106 valence electrons. The van der Waals surface area contributed by atoms with Gasteiger partial charge in [0.05, 0.1) is 12.7 Å². The Kier molecular flexibility index (Phi) is 4.76. The van der Waals surface area contributed by atoms with Gasteiger partial charge in [-0.05, 0) is 36.1 Å². The predicted octanol–water partition coefficient (Wildman–Crippen LogP) is 2.53. The molecule has 1 unspecified atom stereocenters. The second-order valence-electron chi connectivity index (χ2n) is 4.39. The molecule has 0 spiro atoms. The van der Waals surface area contributed by atoms with Gasteiger partial charge in [-0.3, -0.25) is 4.79 Å². The molecule has 0 bridgehead atoms. The second kappa shape index (κ2) is 6.54. The third kappa shape index (κ3) is 3.18. The number of hydrogen-bond acceptors (Lipinski definition) is 4. The fraction of sp³-hybridized carbons (Fsp3) is 0.267. The highest BCUT2D eigenvalue weighted by Crippen LogP contribution is 2.23. The second-order valence-corrected chi connectivity index (χ2v) is 5.34. The monoisotopic (exact) mass is 291 g/mol. The molecule has 1 atom stereocenters. The number of ether oxygens (including phenoxy) is 1. The molecule has 2 aromatic rings. The minimum absolute atomic E-state index is 0.179. The number of nitrogens with one attached hydrogen (secondary N) is 1. The van der Waals surface area contributed by atoms with Crippen LogP contribution < -0.4 is 10.1 Å². The number of aliphatic hydroxyl groups excluding tert-OH is 1. The molecule has 20 heavy (non-hydrogen) atoms. The zero-order valence-electron chi connectivity index (χ0n) is 11.4. The summed E-state index contributed by atoms with van der Waals surface area (Å²) >= 11 is 1.49. The predicted molar refractivity (Wildman–Crippen MR) is 79.3 cm³/mol. The van der Waals surface area contributed by atoms with Gasteiger partial charge < -0.3 is 15.2 Å². The van der Waals surface area contributed by atoms with Crippen LogP contribution in [0.1, 0.15) is 26.9 Å². The van der Waals surface area contributed by atoms with Gasteiger partial charge in [-0.15, -0.1) is 11.3 Å². The maximum Gasteiger partial charge on any atom is 0.255 e. The molecule has 0 radical (unpaired) electrons. The third-order valence-corrected chi connectivity index (χ3v) is 4.13. The molecule has 1 aromatic heterocycles. The van der Waals surface area contributed by atoms with Crippen molar-refractivity contribution in [1.29, 1.82) is 0 Å². The number of aliphatic hydroxyl groups is 1. The molecule has 5 heteroatoms. The normalized spacial score (nSPS) is 11.9. The Morgan fingerprint density at radius 2 is 2.15 bits per heavy atom. The van der Waals surface area contributed by atoms with Gasteiger partial charge in [0.2, 0.25) is 0 Å². The maximum atomic E-state index is 12.1. The topological polar surface area (TPSA) is 58.6 Å². The van der Waals surface area contributed by atoms with Crippen molar-refractivity contribution in [2.24, 2.45) is 0 Å². The summed E-state index contributed by atoms with van der Waals surface area (Å²) in [5.41, 5.74) is 1.50. The molecule has 1 aromatic carbocycles. The minimum atomic E-state index is -0.686. The molecule has 1 heterocycles. The van der Waals surface area contributed by atoms with E-state index >= 15 is 0 Å². The number of rotatable bonds is 5. The van der Waals surface area contributed by atoms with Crippen molar-refractivity contribution in [3.8, 4) is 5.75 Å². The van der Waals surface area contributed by atoms with E-state index in [9.17, 15) is 9.90 Å². The van der Waals surface area contributed by atoms with E-state index in [1.165, 1.54) is 18.4 Å². The van der Waals surface area contributed by atoms with E-state index in [0.717, 1.165) is 10.4 Å². The quantitative estimate of drug-likeness (QED) is 0.890. The number of thiophene rings is 1. The Labute approximate surface area is 122 Å². The first-order chi connectivity index (χ1) is 9.63. The number of carbonyl (C=O) groups is 1. The summed E-state index contributed by atoms with van der Waals surface area (Å²) in [5, 5.41) is 14.7. The summed E-state index contributed by atoms with van der Waals surface area (Å²) < 4.78 is 5.14. The molecule has 0 fully saturated rings. The summed E-state index contributed by atoms with van der Waals surface area (Å²) in [6, 6.07) is 8.95. The lowest BCUT2D eigenvalue weighted by Gasteiger charge is -2.13. The van der Waals surface area contributed by atoms with Gasteiger partial charge >= 0.3 is 0 Å². The average Bonchev–Trinajstić information content (AvgIpc) is 2.90. The van der Waals surface area contributed by atoms with E-state index in [4.69, 9.17) is 4.74 Å². The molecule has 0 aliphatic heterocycles. The van der Waals surface area contributed by atoms with Crippen molar-refractivity contribution >= 4 is 17.2 Å². The van der Waals surface area contributed by atoms with Crippen LogP contribution in [0.4, 0.5) is 0 Å². The first kappa shape index (κ1) is 14.6. The standard InChI is InChI=1S/C15H17NO3S/c1-10-7-8-20-14(10)12(17)9-16-15(18)11-5-3-4-6-13(11)19-2/h3-8,12,17H,9H2,1-2H3,(H,16,18). The van der Waals surface area contributed by atoms with Gasteiger partial charge in [-0.1, -0.05) is 12.1 Å². The van der Waals surface area contributed by atoms with E-state index in [-0.39, 0.29) is 12.5 Å². The Balaban J connectivity index is 2.00. The molecule has 0 saturated heterocycles. The van der Waals surface area contributed by atoms with Crippen molar-refractivity contribution in [3.05, 3.63) is 51.7 Å². The Bertz CT molecular complexity index is 594. The van der Waals surface area contributed by atoms with E-state index in [1.54, 1.807) is 24.3 Å². The summed E-state index contributed by atoms with van der Waals surface area (Å²) in [6.07, 6.45) is -0.686. The van der Waals surface area contributed by atoms with Crippen molar-refractivity contribution in [3.63, 3.8) is 0 Å². The van der Waals surface area contributed by atoms with Crippen LogP contribution in [-0.2, 0) is 0 Å². The SMILES string of the molecule is COc1ccccc1C(=O)NCC(O)c1sccc1C. The number of amides is 1. The van der Waals surface area contributed by atoms with E-state index in [1.807, 2.05) is 18.4 Å². The van der Waals surface area contributed by atoms with Crippen LogP contribution in [0, 0.1) is 6.92 Å². The third-order valence-electron chi connectivity index (χ3n) is 3.01. The summed E-state index contributed by atoms with van der Waals surface area (Å²) in [6.45, 7) is 2.12. The zero-order chi connectivity index (χ0) is 14.5. The molecular formula is C15H17NO3S. The van der Waals surface area contributed by atoms with Gasteiger partial charge in [0, 0.05) is 11.4 Å². The van der Waals surface area contributed by atoms with Crippen molar-refractivity contribution in [1.82, 2.24) is 5.32 Å². The van der Waals surface area contributed by atoms with Gasteiger partial charge in [0.25, 0.3) is 5.91 Å². The van der Waals surface area contributed by atoms with Crippen molar-refractivity contribution in [2.45, 2.75) is 13.0 Å². The molecule has 2 N–H and O–H groups in total. The Morgan fingerprint density at radius 3 is 2.80 bits per heavy atom. The van der Waals surface area contributed by atoms with Gasteiger partial charge in [-0.25, -0.2) is 0 Å². The number of hydrogen-bond donors (Lipinski definition) is 2. The Morgan fingerprint density at radius 1 is 1.40 bits per heavy atom. The lowest BCUT2D eigenvalue weighted by atomic mass is 10.1. The van der Waals surface area contributed by atoms with Gasteiger partial charge in [0.15, 0.2) is 0 Å². The average molecular weight is 291 g/mol. The Hall–Kier alpha value is -1.85. The van der Waals surface area contributed by atoms with Gasteiger partial charge in [0.1, 0.15) is 11.9 Å².